The molecule has 0 radical (unpaired) electrons. The third-order valence-corrected chi connectivity index (χ3v) is 4.16. The molecule has 1 heterocycles. The second-order valence-electron chi connectivity index (χ2n) is 3.41. The minimum Gasteiger partial charge on any atom is -0.271 e. The minimum atomic E-state index is -0.711. The van der Waals surface area contributed by atoms with E-state index in [0.717, 1.165) is 4.47 Å². The van der Waals surface area contributed by atoms with Gasteiger partial charge in [0.05, 0.1) is 6.04 Å². The van der Waals surface area contributed by atoms with E-state index >= 15 is 0 Å². The van der Waals surface area contributed by atoms with Crippen molar-refractivity contribution >= 4 is 27.3 Å². The van der Waals surface area contributed by atoms with Gasteiger partial charge in [0.2, 0.25) is 0 Å². The molecule has 1 aromatic heterocycles. The van der Waals surface area contributed by atoms with Crippen LogP contribution in [0.3, 0.4) is 0 Å². The molecule has 2 rings (SSSR count). The highest BCUT2D eigenvalue weighted by Crippen LogP contribution is 2.33. The standard InChI is InChI=1S/C11H9BrF2N2S/c12-7-5-17-4-6(7)11(16-15)10-8(13)2-1-3-9(10)14/h1-5,11,16H,15H2. The average molecular weight is 319 g/mol. The molecule has 17 heavy (non-hydrogen) atoms. The maximum atomic E-state index is 13.7. The molecule has 0 amide bonds. The summed E-state index contributed by atoms with van der Waals surface area (Å²) in [5.41, 5.74) is 3.07. The van der Waals surface area contributed by atoms with Crippen molar-refractivity contribution in [3.05, 3.63) is 56.2 Å². The predicted octanol–water partition coefficient (Wildman–Crippen LogP) is 3.34. The van der Waals surface area contributed by atoms with Gasteiger partial charge in [-0.1, -0.05) is 6.07 Å². The van der Waals surface area contributed by atoms with Crippen molar-refractivity contribution in [1.29, 1.82) is 0 Å². The van der Waals surface area contributed by atoms with E-state index in [2.05, 4.69) is 21.4 Å². The average Bonchev–Trinajstić information content (AvgIpc) is 2.70. The van der Waals surface area contributed by atoms with Crippen molar-refractivity contribution in [3.63, 3.8) is 0 Å². The van der Waals surface area contributed by atoms with Gasteiger partial charge in [-0.2, -0.15) is 11.3 Å². The highest BCUT2D eigenvalue weighted by Gasteiger charge is 2.22. The van der Waals surface area contributed by atoms with E-state index in [1.807, 2.05) is 5.38 Å². The Morgan fingerprint density at radius 1 is 1.24 bits per heavy atom. The summed E-state index contributed by atoms with van der Waals surface area (Å²) in [6.07, 6.45) is 0. The molecule has 0 saturated heterocycles. The van der Waals surface area contributed by atoms with Crippen LogP contribution in [0.25, 0.3) is 0 Å². The Labute approximate surface area is 110 Å². The van der Waals surface area contributed by atoms with Crippen molar-refractivity contribution in [2.24, 2.45) is 5.84 Å². The summed E-state index contributed by atoms with van der Waals surface area (Å²) < 4.78 is 28.1. The third-order valence-electron chi connectivity index (χ3n) is 2.41. The summed E-state index contributed by atoms with van der Waals surface area (Å²) in [4.78, 5) is 0. The van der Waals surface area contributed by atoms with E-state index in [1.54, 1.807) is 5.38 Å². The Morgan fingerprint density at radius 2 is 1.88 bits per heavy atom. The highest BCUT2D eigenvalue weighted by atomic mass is 79.9. The van der Waals surface area contributed by atoms with Crippen LogP contribution in [0, 0.1) is 11.6 Å². The van der Waals surface area contributed by atoms with E-state index in [0.29, 0.717) is 5.56 Å². The topological polar surface area (TPSA) is 38.0 Å². The van der Waals surface area contributed by atoms with Gasteiger partial charge in [-0.3, -0.25) is 5.84 Å². The van der Waals surface area contributed by atoms with Crippen molar-refractivity contribution < 1.29 is 8.78 Å². The van der Waals surface area contributed by atoms with Crippen LogP contribution in [0.2, 0.25) is 0 Å². The second kappa shape index (κ2) is 5.22. The molecule has 0 spiro atoms. The molecule has 0 bridgehead atoms. The molecule has 90 valence electrons. The lowest BCUT2D eigenvalue weighted by atomic mass is 10.0. The number of halogens is 3. The van der Waals surface area contributed by atoms with Gasteiger partial charge in [-0.05, 0) is 39.0 Å². The normalized spacial score (nSPS) is 12.7. The largest absolute Gasteiger partial charge is 0.271 e. The van der Waals surface area contributed by atoms with Crippen LogP contribution in [0.1, 0.15) is 17.2 Å². The fourth-order valence-corrected chi connectivity index (χ4v) is 3.16. The molecule has 0 aliphatic carbocycles. The van der Waals surface area contributed by atoms with Crippen LogP contribution >= 0.6 is 27.3 Å². The van der Waals surface area contributed by atoms with Gasteiger partial charge in [-0.15, -0.1) is 0 Å². The molecule has 1 unspecified atom stereocenters. The smallest absolute Gasteiger partial charge is 0.131 e. The number of nitrogens with one attached hydrogen (secondary N) is 1. The maximum Gasteiger partial charge on any atom is 0.131 e. The van der Waals surface area contributed by atoms with E-state index in [9.17, 15) is 8.78 Å². The molecule has 0 aliphatic rings. The first-order chi connectivity index (χ1) is 8.15. The summed E-state index contributed by atoms with van der Waals surface area (Å²) in [6.45, 7) is 0. The number of hydrogen-bond donors (Lipinski definition) is 2. The van der Waals surface area contributed by atoms with Crippen molar-refractivity contribution in [1.82, 2.24) is 5.43 Å². The van der Waals surface area contributed by atoms with Gasteiger partial charge in [-0.25, -0.2) is 14.2 Å². The molecule has 3 N–H and O–H groups in total. The van der Waals surface area contributed by atoms with Gasteiger partial charge >= 0.3 is 0 Å². The number of thiophene rings is 1. The van der Waals surface area contributed by atoms with Gasteiger partial charge in [0.15, 0.2) is 0 Å². The molecule has 2 nitrogen and oxygen atoms in total. The molecule has 1 aromatic carbocycles. The summed E-state index contributed by atoms with van der Waals surface area (Å²) in [5.74, 6) is 4.16. The third kappa shape index (κ3) is 2.40. The van der Waals surface area contributed by atoms with Gasteiger partial charge in [0, 0.05) is 15.4 Å². The number of rotatable bonds is 3. The fourth-order valence-electron chi connectivity index (χ4n) is 1.61. The summed E-state index contributed by atoms with van der Waals surface area (Å²) in [7, 11) is 0. The Bertz CT molecular complexity index is 510. The van der Waals surface area contributed by atoms with Crippen LogP contribution in [0.15, 0.2) is 33.4 Å². The number of hydrazine groups is 1. The maximum absolute atomic E-state index is 13.7. The lowest BCUT2D eigenvalue weighted by Gasteiger charge is -2.17. The zero-order valence-electron chi connectivity index (χ0n) is 8.58. The Morgan fingerprint density at radius 3 is 2.35 bits per heavy atom. The first-order valence-corrected chi connectivity index (χ1v) is 6.50. The first kappa shape index (κ1) is 12.6. The molecule has 6 heteroatoms. The van der Waals surface area contributed by atoms with Gasteiger partial charge in [0.25, 0.3) is 0 Å². The van der Waals surface area contributed by atoms with E-state index < -0.39 is 17.7 Å². The zero-order valence-corrected chi connectivity index (χ0v) is 11.0. The SMILES string of the molecule is NNC(c1cscc1Br)c1c(F)cccc1F. The molecule has 1 atom stereocenters. The van der Waals surface area contributed by atoms with Crippen molar-refractivity contribution in [3.8, 4) is 0 Å². The molecule has 0 aliphatic heterocycles. The number of hydrogen-bond acceptors (Lipinski definition) is 3. The monoisotopic (exact) mass is 318 g/mol. The lowest BCUT2D eigenvalue weighted by molar-refractivity contribution is 0.510. The molecule has 0 saturated carbocycles. The van der Waals surface area contributed by atoms with E-state index in [-0.39, 0.29) is 5.56 Å². The molecular formula is C11H9BrF2N2S. The highest BCUT2D eigenvalue weighted by molar-refractivity contribution is 9.10. The van der Waals surface area contributed by atoms with Crippen LogP contribution in [-0.2, 0) is 0 Å². The zero-order chi connectivity index (χ0) is 12.4. The lowest BCUT2D eigenvalue weighted by Crippen LogP contribution is -2.30. The molecular weight excluding hydrogens is 310 g/mol. The van der Waals surface area contributed by atoms with Crippen molar-refractivity contribution in [2.45, 2.75) is 6.04 Å². The fraction of sp³-hybridized carbons (Fsp3) is 0.0909. The quantitative estimate of drug-likeness (QED) is 0.673. The van der Waals surface area contributed by atoms with Crippen molar-refractivity contribution in [2.75, 3.05) is 0 Å². The minimum absolute atomic E-state index is 0.0749. The summed E-state index contributed by atoms with van der Waals surface area (Å²) in [5, 5.41) is 3.62. The first-order valence-electron chi connectivity index (χ1n) is 4.76. The molecule has 0 fully saturated rings. The van der Waals surface area contributed by atoms with Crippen LogP contribution in [0.5, 0.6) is 0 Å². The van der Waals surface area contributed by atoms with Crippen LogP contribution in [-0.4, -0.2) is 0 Å². The molecule has 2 aromatic rings. The summed E-state index contributed by atoms with van der Waals surface area (Å²) >= 11 is 4.75. The second-order valence-corrected chi connectivity index (χ2v) is 5.01. The Hall–Kier alpha value is -0.820. The summed E-state index contributed by atoms with van der Waals surface area (Å²) in [6, 6.07) is 3.04. The van der Waals surface area contributed by atoms with E-state index in [1.165, 1.54) is 29.5 Å². The van der Waals surface area contributed by atoms with Crippen LogP contribution in [0.4, 0.5) is 8.78 Å². The number of nitrogens with two attached hydrogens (primary N) is 1. The number of benzene rings is 1. The van der Waals surface area contributed by atoms with Gasteiger partial charge < -0.3 is 0 Å². The Balaban J connectivity index is 2.53. The van der Waals surface area contributed by atoms with Crippen LogP contribution < -0.4 is 11.3 Å². The van der Waals surface area contributed by atoms with Gasteiger partial charge in [0.1, 0.15) is 11.6 Å². The Kier molecular flexibility index (Phi) is 3.88. The predicted molar refractivity (Wildman–Crippen MR) is 67.5 cm³/mol. The van der Waals surface area contributed by atoms with E-state index in [4.69, 9.17) is 5.84 Å².